The zero-order valence-corrected chi connectivity index (χ0v) is 10.3. The number of aliphatic hydroxyl groups is 1. The van der Waals surface area contributed by atoms with E-state index in [0.717, 1.165) is 31.5 Å². The molecule has 1 fully saturated rings. The molecule has 4 nitrogen and oxygen atoms in total. The van der Waals surface area contributed by atoms with Gasteiger partial charge in [-0.15, -0.1) is 0 Å². The van der Waals surface area contributed by atoms with Crippen LogP contribution in [0.1, 0.15) is 36.2 Å². The summed E-state index contributed by atoms with van der Waals surface area (Å²) in [4.78, 5) is 0. The molecule has 1 aromatic heterocycles. The van der Waals surface area contributed by atoms with Gasteiger partial charge in [-0.3, -0.25) is 4.68 Å². The van der Waals surface area contributed by atoms with Crippen LogP contribution in [-0.2, 0) is 13.6 Å². The first-order valence-electron chi connectivity index (χ1n) is 6.00. The maximum atomic E-state index is 9.73. The molecule has 4 heteroatoms. The second-order valence-electron chi connectivity index (χ2n) is 4.76. The Kier molecular flexibility index (Phi) is 3.30. The van der Waals surface area contributed by atoms with E-state index in [1.54, 1.807) is 0 Å². The van der Waals surface area contributed by atoms with Gasteiger partial charge < -0.3 is 10.4 Å². The average molecular weight is 223 g/mol. The lowest BCUT2D eigenvalue weighted by atomic mass is 10.1. The molecule has 1 saturated carbocycles. The summed E-state index contributed by atoms with van der Waals surface area (Å²) in [5.74, 6) is 0. The molecule has 2 rings (SSSR count). The zero-order chi connectivity index (χ0) is 11.7. The van der Waals surface area contributed by atoms with Crippen molar-refractivity contribution in [3.05, 3.63) is 17.0 Å². The van der Waals surface area contributed by atoms with Crippen molar-refractivity contribution in [2.75, 3.05) is 0 Å². The van der Waals surface area contributed by atoms with Gasteiger partial charge in [-0.05, 0) is 33.1 Å². The van der Waals surface area contributed by atoms with Gasteiger partial charge in [-0.2, -0.15) is 5.10 Å². The first-order valence-corrected chi connectivity index (χ1v) is 6.00. The summed E-state index contributed by atoms with van der Waals surface area (Å²) in [7, 11) is 1.97. The summed E-state index contributed by atoms with van der Waals surface area (Å²) < 4.78 is 1.91. The zero-order valence-electron chi connectivity index (χ0n) is 10.3. The standard InChI is InChI=1S/C12H21N3O/c1-8-10(9(2)15(3)14-8)7-13-11-5-4-6-12(11)16/h11-13,16H,4-7H2,1-3H3/t11-,12-/m1/s1. The van der Waals surface area contributed by atoms with Crippen molar-refractivity contribution in [2.45, 2.75) is 51.8 Å². The maximum absolute atomic E-state index is 9.73. The highest BCUT2D eigenvalue weighted by atomic mass is 16.3. The first-order chi connectivity index (χ1) is 7.59. The van der Waals surface area contributed by atoms with Crippen LogP contribution in [0.2, 0.25) is 0 Å². The van der Waals surface area contributed by atoms with Crippen molar-refractivity contribution in [2.24, 2.45) is 7.05 Å². The van der Waals surface area contributed by atoms with E-state index in [0.29, 0.717) is 0 Å². The molecule has 2 atom stereocenters. The third kappa shape index (κ3) is 2.13. The molecule has 0 spiro atoms. The minimum atomic E-state index is -0.169. The number of aliphatic hydroxyl groups excluding tert-OH is 1. The lowest BCUT2D eigenvalue weighted by Gasteiger charge is -2.16. The molecular formula is C12H21N3O. The van der Waals surface area contributed by atoms with Crippen molar-refractivity contribution in [1.82, 2.24) is 15.1 Å². The monoisotopic (exact) mass is 223 g/mol. The summed E-state index contributed by atoms with van der Waals surface area (Å²) in [6, 6.07) is 0.263. The van der Waals surface area contributed by atoms with Crippen LogP contribution in [0.25, 0.3) is 0 Å². The number of nitrogens with zero attached hydrogens (tertiary/aromatic N) is 2. The Morgan fingerprint density at radius 1 is 1.44 bits per heavy atom. The number of hydrogen-bond acceptors (Lipinski definition) is 3. The first kappa shape index (κ1) is 11.6. The minimum Gasteiger partial charge on any atom is -0.392 e. The highest BCUT2D eigenvalue weighted by molar-refractivity contribution is 5.24. The molecular weight excluding hydrogens is 202 g/mol. The molecule has 0 radical (unpaired) electrons. The maximum Gasteiger partial charge on any atom is 0.0693 e. The molecule has 16 heavy (non-hydrogen) atoms. The molecule has 1 aliphatic carbocycles. The second-order valence-corrected chi connectivity index (χ2v) is 4.76. The Morgan fingerprint density at radius 3 is 2.69 bits per heavy atom. The molecule has 0 amide bonds. The van der Waals surface area contributed by atoms with Gasteiger partial charge in [0.2, 0.25) is 0 Å². The van der Waals surface area contributed by atoms with E-state index >= 15 is 0 Å². The number of rotatable bonds is 3. The molecule has 0 aromatic carbocycles. The fraction of sp³-hybridized carbons (Fsp3) is 0.750. The van der Waals surface area contributed by atoms with E-state index in [9.17, 15) is 5.11 Å². The highest BCUT2D eigenvalue weighted by Gasteiger charge is 2.24. The van der Waals surface area contributed by atoms with Crippen molar-refractivity contribution in [1.29, 1.82) is 0 Å². The average Bonchev–Trinajstić information content (AvgIpc) is 2.72. The number of aromatic nitrogens is 2. The van der Waals surface area contributed by atoms with Crippen LogP contribution in [0.3, 0.4) is 0 Å². The van der Waals surface area contributed by atoms with Crippen molar-refractivity contribution < 1.29 is 5.11 Å². The molecule has 1 heterocycles. The van der Waals surface area contributed by atoms with E-state index in [2.05, 4.69) is 17.3 Å². The van der Waals surface area contributed by atoms with E-state index in [-0.39, 0.29) is 12.1 Å². The lowest BCUT2D eigenvalue weighted by molar-refractivity contribution is 0.148. The Morgan fingerprint density at radius 2 is 2.19 bits per heavy atom. The fourth-order valence-corrected chi connectivity index (χ4v) is 2.49. The topological polar surface area (TPSA) is 50.1 Å². The van der Waals surface area contributed by atoms with Crippen molar-refractivity contribution in [3.63, 3.8) is 0 Å². The van der Waals surface area contributed by atoms with Gasteiger partial charge in [0.15, 0.2) is 0 Å². The van der Waals surface area contributed by atoms with Crippen LogP contribution < -0.4 is 5.32 Å². The predicted octanol–water partition coefficient (Wildman–Crippen LogP) is 1.04. The summed E-state index contributed by atoms with van der Waals surface area (Å²) in [5.41, 5.74) is 3.55. The second kappa shape index (κ2) is 4.55. The smallest absolute Gasteiger partial charge is 0.0693 e. The van der Waals surface area contributed by atoms with Crippen LogP contribution in [0.4, 0.5) is 0 Å². The third-order valence-corrected chi connectivity index (χ3v) is 3.68. The normalized spacial score (nSPS) is 25.2. The molecule has 0 unspecified atom stereocenters. The van der Waals surface area contributed by atoms with Gasteiger partial charge in [-0.25, -0.2) is 0 Å². The number of aryl methyl sites for hydroxylation is 2. The predicted molar refractivity (Wildman–Crippen MR) is 63.2 cm³/mol. The van der Waals surface area contributed by atoms with Crippen LogP contribution >= 0.6 is 0 Å². The third-order valence-electron chi connectivity index (χ3n) is 3.68. The quantitative estimate of drug-likeness (QED) is 0.805. The minimum absolute atomic E-state index is 0.169. The number of nitrogens with one attached hydrogen (secondary N) is 1. The van der Waals surface area contributed by atoms with Gasteiger partial charge in [0.05, 0.1) is 11.8 Å². The van der Waals surface area contributed by atoms with E-state index < -0.39 is 0 Å². The van der Waals surface area contributed by atoms with Gasteiger partial charge in [0, 0.05) is 30.9 Å². The SMILES string of the molecule is Cc1nn(C)c(C)c1CN[C@@H]1CCC[C@H]1O. The summed E-state index contributed by atoms with van der Waals surface area (Å²) in [5, 5.41) is 17.6. The Bertz CT molecular complexity index is 373. The molecule has 2 N–H and O–H groups in total. The largest absolute Gasteiger partial charge is 0.392 e. The lowest BCUT2D eigenvalue weighted by Crippen LogP contribution is -2.35. The summed E-state index contributed by atoms with van der Waals surface area (Å²) >= 11 is 0. The number of hydrogen-bond donors (Lipinski definition) is 2. The molecule has 0 saturated heterocycles. The van der Waals surface area contributed by atoms with Crippen LogP contribution in [0.5, 0.6) is 0 Å². The molecule has 1 aromatic rings. The molecule has 1 aliphatic rings. The van der Waals surface area contributed by atoms with Crippen LogP contribution in [-0.4, -0.2) is 27.0 Å². The fourth-order valence-electron chi connectivity index (χ4n) is 2.49. The van der Waals surface area contributed by atoms with Gasteiger partial charge in [-0.1, -0.05) is 0 Å². The molecule has 0 aliphatic heterocycles. The van der Waals surface area contributed by atoms with Gasteiger partial charge in [0.25, 0.3) is 0 Å². The summed E-state index contributed by atoms with van der Waals surface area (Å²) in [6.45, 7) is 4.93. The highest BCUT2D eigenvalue weighted by Crippen LogP contribution is 2.20. The summed E-state index contributed by atoms with van der Waals surface area (Å²) in [6.07, 6.45) is 2.98. The molecule has 90 valence electrons. The van der Waals surface area contributed by atoms with E-state index in [4.69, 9.17) is 0 Å². The Hall–Kier alpha value is -0.870. The van der Waals surface area contributed by atoms with Crippen LogP contribution in [0, 0.1) is 13.8 Å². The van der Waals surface area contributed by atoms with E-state index in [1.165, 1.54) is 11.3 Å². The Labute approximate surface area is 96.7 Å². The van der Waals surface area contributed by atoms with Crippen molar-refractivity contribution in [3.8, 4) is 0 Å². The van der Waals surface area contributed by atoms with Crippen molar-refractivity contribution >= 4 is 0 Å². The Balaban J connectivity index is 1.99. The van der Waals surface area contributed by atoms with Gasteiger partial charge >= 0.3 is 0 Å². The molecule has 0 bridgehead atoms. The van der Waals surface area contributed by atoms with E-state index in [1.807, 2.05) is 18.7 Å². The van der Waals surface area contributed by atoms with Gasteiger partial charge in [0.1, 0.15) is 0 Å². The van der Waals surface area contributed by atoms with Crippen LogP contribution in [0.15, 0.2) is 0 Å².